The normalized spacial score (nSPS) is 14.8. The van der Waals surface area contributed by atoms with E-state index in [-0.39, 0.29) is 19.2 Å². The monoisotopic (exact) mass is 540 g/mol. The lowest BCUT2D eigenvalue weighted by Gasteiger charge is -2.29. The van der Waals surface area contributed by atoms with Crippen LogP contribution in [0.2, 0.25) is 0 Å². The third-order valence-electron chi connectivity index (χ3n) is 6.09. The molecule has 0 fully saturated rings. The number of nitrogens with two attached hydrogens (primary N) is 2. The van der Waals surface area contributed by atoms with E-state index in [9.17, 15) is 9.59 Å². The first-order valence-electron chi connectivity index (χ1n) is 13.1. The molecule has 1 amide bonds. The van der Waals surface area contributed by atoms with E-state index in [4.69, 9.17) is 30.5 Å². The van der Waals surface area contributed by atoms with Gasteiger partial charge in [0.05, 0.1) is 12.2 Å². The molecule has 0 radical (unpaired) electrons. The van der Waals surface area contributed by atoms with E-state index in [0.717, 1.165) is 22.0 Å². The first-order valence-corrected chi connectivity index (χ1v) is 13.1. The molecule has 3 aromatic rings. The second-order valence-electron chi connectivity index (χ2n) is 10.5. The molecule has 2 aromatic carbocycles. The minimum Gasteiger partial charge on any atom is -0.462 e. The molecule has 4 unspecified atom stereocenters. The largest absolute Gasteiger partial charge is 0.462 e. The summed E-state index contributed by atoms with van der Waals surface area (Å²) in [4.78, 5) is 32.3. The molecule has 3 rings (SSSR count). The van der Waals surface area contributed by atoms with E-state index < -0.39 is 30.0 Å². The summed E-state index contributed by atoms with van der Waals surface area (Å²) in [5.41, 5.74) is 17.3. The number of carbonyl (C=O) groups excluding carboxylic acids is 2. The van der Waals surface area contributed by atoms with E-state index in [1.807, 2.05) is 60.8 Å². The molecule has 0 aliphatic carbocycles. The molecule has 0 bridgehead atoms. The Labute approximate surface area is 229 Å². The molecule has 4 atom stereocenters. The number of hydrogen-bond acceptors (Lipinski definition) is 8. The number of nitrogens with one attached hydrogen (secondary N) is 2. The van der Waals surface area contributed by atoms with Crippen LogP contribution in [0.25, 0.3) is 10.9 Å². The molecule has 1 heterocycles. The molecule has 0 spiro atoms. The molecule has 10 nitrogen and oxygen atoms in total. The first-order chi connectivity index (χ1) is 18.7. The number of rotatable bonds is 15. The molecule has 39 heavy (non-hydrogen) atoms. The van der Waals surface area contributed by atoms with Gasteiger partial charge in [0.1, 0.15) is 18.3 Å². The summed E-state index contributed by atoms with van der Waals surface area (Å²) in [6, 6.07) is 17.3. The molecule has 0 saturated heterocycles. The van der Waals surface area contributed by atoms with Crippen molar-refractivity contribution in [3.05, 3.63) is 71.9 Å². The topological polar surface area (TPSA) is 151 Å². The predicted octanol–water partition coefficient (Wildman–Crippen LogP) is 3.38. The first kappa shape index (κ1) is 30.1. The second kappa shape index (κ2) is 14.6. The van der Waals surface area contributed by atoms with E-state index >= 15 is 0 Å². The Balaban J connectivity index is 1.63. The van der Waals surface area contributed by atoms with Crippen LogP contribution in [-0.2, 0) is 36.7 Å². The van der Waals surface area contributed by atoms with Crippen molar-refractivity contribution >= 4 is 23.5 Å². The smallest absolute Gasteiger partial charge is 0.431 e. The van der Waals surface area contributed by atoms with E-state index in [1.165, 1.54) is 0 Å². The number of carbonyl (C=O) groups is 2. The van der Waals surface area contributed by atoms with Gasteiger partial charge in [-0.05, 0) is 44.4 Å². The zero-order chi connectivity index (χ0) is 28.3. The summed E-state index contributed by atoms with van der Waals surface area (Å²) in [5, 5.41) is 1.11. The van der Waals surface area contributed by atoms with Gasteiger partial charge in [0.25, 0.3) is 6.47 Å². The number of amides is 1. The Morgan fingerprint density at radius 3 is 2.46 bits per heavy atom. The highest BCUT2D eigenvalue weighted by atomic mass is 16.7. The van der Waals surface area contributed by atoms with Gasteiger partial charge < -0.3 is 30.7 Å². The molecule has 10 heteroatoms. The lowest BCUT2D eigenvalue weighted by atomic mass is 10.0. The average Bonchev–Trinajstić information content (AvgIpc) is 3.30. The quantitative estimate of drug-likeness (QED) is 0.169. The Hall–Kier alpha value is -3.44. The molecule has 0 aliphatic heterocycles. The highest BCUT2D eigenvalue weighted by molar-refractivity contribution is 5.83. The maximum atomic E-state index is 12.5. The van der Waals surface area contributed by atoms with Crippen molar-refractivity contribution in [2.24, 2.45) is 11.5 Å². The van der Waals surface area contributed by atoms with E-state index in [0.29, 0.717) is 25.7 Å². The number of fused-ring (bicyclic) bond motifs is 1. The molecule has 0 saturated carbocycles. The van der Waals surface area contributed by atoms with Crippen LogP contribution in [0.15, 0.2) is 60.8 Å². The van der Waals surface area contributed by atoms with Gasteiger partial charge in [-0.25, -0.2) is 4.79 Å². The van der Waals surface area contributed by atoms with E-state index in [1.54, 1.807) is 20.8 Å². The van der Waals surface area contributed by atoms with Crippen molar-refractivity contribution in [2.45, 2.75) is 70.0 Å². The number of aromatic nitrogens is 1. The summed E-state index contributed by atoms with van der Waals surface area (Å²) in [5.74, 6) is 0. The van der Waals surface area contributed by atoms with Gasteiger partial charge in [-0.3, -0.25) is 9.63 Å². The average molecular weight is 541 g/mol. The Bertz CT molecular complexity index is 1160. The number of benzene rings is 2. The van der Waals surface area contributed by atoms with Crippen molar-refractivity contribution in [3.8, 4) is 0 Å². The number of para-hydroxylation sites is 1. The number of hydrogen-bond donors (Lipinski definition) is 4. The SMILES string of the molecule is CC(C)(C)ONC(=O)OC(Cc1ccccc1)C(CN)OCC(CC(N)Cc1c[nH]c2ccccc12)OC=O. The minimum atomic E-state index is -0.755. The highest BCUT2D eigenvalue weighted by Crippen LogP contribution is 2.20. The number of aromatic amines is 1. The van der Waals surface area contributed by atoms with Crippen LogP contribution < -0.4 is 16.9 Å². The Morgan fingerprint density at radius 1 is 1.05 bits per heavy atom. The lowest BCUT2D eigenvalue weighted by molar-refractivity contribution is -0.141. The highest BCUT2D eigenvalue weighted by Gasteiger charge is 2.28. The number of H-pyrrole nitrogens is 1. The summed E-state index contributed by atoms with van der Waals surface area (Å²) >= 11 is 0. The van der Waals surface area contributed by atoms with Crippen LogP contribution in [0, 0.1) is 0 Å². The number of hydroxylamine groups is 1. The van der Waals surface area contributed by atoms with Crippen LogP contribution >= 0.6 is 0 Å². The minimum absolute atomic E-state index is 0.0386. The maximum absolute atomic E-state index is 12.5. The van der Waals surface area contributed by atoms with Crippen molar-refractivity contribution in [2.75, 3.05) is 13.2 Å². The maximum Gasteiger partial charge on any atom is 0.431 e. The lowest BCUT2D eigenvalue weighted by Crippen LogP contribution is -2.45. The Kier molecular flexibility index (Phi) is 11.3. The van der Waals surface area contributed by atoms with Crippen LogP contribution in [0.1, 0.15) is 38.3 Å². The van der Waals surface area contributed by atoms with Gasteiger partial charge in [-0.15, -0.1) is 0 Å². The van der Waals surface area contributed by atoms with Gasteiger partial charge in [0, 0.05) is 42.5 Å². The van der Waals surface area contributed by atoms with Gasteiger partial charge >= 0.3 is 6.09 Å². The standard InChI is InChI=1S/C29H40N4O6/c1-29(2,3)39-33-28(35)38-26(13-20-9-5-4-6-10-20)27(16-30)36-18-23(37-19-34)15-22(31)14-21-17-32-25-12-8-7-11-24(21)25/h4-12,17,19,22-23,26-27,32H,13-16,18,30-31H2,1-3H3,(H,33,35). The summed E-state index contributed by atoms with van der Waals surface area (Å²) in [7, 11) is 0. The van der Waals surface area contributed by atoms with Gasteiger partial charge in [0.15, 0.2) is 0 Å². The zero-order valence-electron chi connectivity index (χ0n) is 22.8. The van der Waals surface area contributed by atoms with Gasteiger partial charge in [0.2, 0.25) is 0 Å². The fourth-order valence-electron chi connectivity index (χ4n) is 4.26. The predicted molar refractivity (Wildman–Crippen MR) is 149 cm³/mol. The van der Waals surface area contributed by atoms with Gasteiger partial charge in [-0.2, -0.15) is 5.48 Å². The van der Waals surface area contributed by atoms with Crippen molar-refractivity contribution in [1.29, 1.82) is 0 Å². The molecule has 0 aliphatic rings. The molecular weight excluding hydrogens is 500 g/mol. The van der Waals surface area contributed by atoms with Crippen molar-refractivity contribution in [3.63, 3.8) is 0 Å². The van der Waals surface area contributed by atoms with Crippen LogP contribution in [0.3, 0.4) is 0 Å². The number of ether oxygens (including phenoxy) is 3. The fraction of sp³-hybridized carbons (Fsp3) is 0.448. The van der Waals surface area contributed by atoms with Crippen molar-refractivity contribution < 1.29 is 28.6 Å². The van der Waals surface area contributed by atoms with Crippen LogP contribution in [-0.4, -0.2) is 60.7 Å². The molecule has 212 valence electrons. The van der Waals surface area contributed by atoms with Crippen LogP contribution in [0.4, 0.5) is 4.79 Å². The third-order valence-corrected chi connectivity index (χ3v) is 6.09. The molecular formula is C29H40N4O6. The fourth-order valence-corrected chi connectivity index (χ4v) is 4.26. The third kappa shape index (κ3) is 9.99. The van der Waals surface area contributed by atoms with E-state index in [2.05, 4.69) is 10.5 Å². The molecule has 6 N–H and O–H groups in total. The summed E-state index contributed by atoms with van der Waals surface area (Å²) < 4.78 is 17.0. The van der Waals surface area contributed by atoms with Crippen LogP contribution in [0.5, 0.6) is 0 Å². The summed E-state index contributed by atoms with van der Waals surface area (Å²) in [6.45, 7) is 5.90. The summed E-state index contributed by atoms with van der Waals surface area (Å²) in [6.07, 6.45) is 0.523. The zero-order valence-corrected chi connectivity index (χ0v) is 22.8. The second-order valence-corrected chi connectivity index (χ2v) is 10.5. The Morgan fingerprint density at radius 2 is 1.77 bits per heavy atom. The van der Waals surface area contributed by atoms with Gasteiger partial charge in [-0.1, -0.05) is 48.5 Å². The van der Waals surface area contributed by atoms with Crippen molar-refractivity contribution in [1.82, 2.24) is 10.5 Å². The molecule has 1 aromatic heterocycles.